The van der Waals surface area contributed by atoms with Crippen molar-refractivity contribution in [2.75, 3.05) is 7.11 Å². The van der Waals surface area contributed by atoms with Gasteiger partial charge in [0.2, 0.25) is 0 Å². The highest BCUT2D eigenvalue weighted by molar-refractivity contribution is 7.80. The molecule has 0 saturated heterocycles. The maximum atomic E-state index is 5.80. The van der Waals surface area contributed by atoms with E-state index in [4.69, 9.17) is 27.4 Å². The van der Waals surface area contributed by atoms with Gasteiger partial charge in [-0.2, -0.15) is 0 Å². The summed E-state index contributed by atoms with van der Waals surface area (Å²) in [5.74, 6) is 1.91. The van der Waals surface area contributed by atoms with Crippen LogP contribution in [-0.4, -0.2) is 12.1 Å². The molecule has 0 spiro atoms. The smallest absolute Gasteiger partial charge is 0.169 e. The number of ether oxygens (including phenoxy) is 2. The van der Waals surface area contributed by atoms with Crippen molar-refractivity contribution in [3.05, 3.63) is 54.1 Å². The first kappa shape index (κ1) is 12.4. The Morgan fingerprint density at radius 1 is 0.944 bits per heavy atom. The number of hydrogen-bond donors (Lipinski definition) is 1. The zero-order valence-electron chi connectivity index (χ0n) is 9.92. The number of nitrogens with two attached hydrogens (primary N) is 1. The van der Waals surface area contributed by atoms with Gasteiger partial charge in [-0.25, -0.2) is 0 Å². The van der Waals surface area contributed by atoms with E-state index in [0.717, 1.165) is 0 Å². The molecule has 0 bridgehead atoms. The Labute approximate surface area is 111 Å². The fraction of sp³-hybridized carbons (Fsp3) is 0.0714. The Morgan fingerprint density at radius 2 is 1.50 bits per heavy atom. The maximum absolute atomic E-state index is 5.80. The molecular weight excluding hydrogens is 246 g/mol. The van der Waals surface area contributed by atoms with Crippen molar-refractivity contribution < 1.29 is 9.47 Å². The minimum Gasteiger partial charge on any atom is -0.493 e. The highest BCUT2D eigenvalue weighted by atomic mass is 32.1. The lowest BCUT2D eigenvalue weighted by molar-refractivity contribution is 0.378. The van der Waals surface area contributed by atoms with Gasteiger partial charge in [-0.3, -0.25) is 0 Å². The van der Waals surface area contributed by atoms with Crippen LogP contribution in [0.4, 0.5) is 0 Å². The first-order chi connectivity index (χ1) is 8.72. The van der Waals surface area contributed by atoms with Gasteiger partial charge >= 0.3 is 0 Å². The molecule has 4 heteroatoms. The predicted octanol–water partition coefficient (Wildman–Crippen LogP) is 3.12. The molecule has 0 heterocycles. The molecule has 0 aromatic heterocycles. The molecule has 2 rings (SSSR count). The molecule has 0 aliphatic carbocycles. The molecule has 2 aromatic rings. The van der Waals surface area contributed by atoms with Gasteiger partial charge in [0, 0.05) is 0 Å². The lowest BCUT2D eigenvalue weighted by Crippen LogP contribution is -2.10. The van der Waals surface area contributed by atoms with E-state index in [9.17, 15) is 0 Å². The third kappa shape index (κ3) is 2.60. The zero-order chi connectivity index (χ0) is 13.0. The van der Waals surface area contributed by atoms with Crippen LogP contribution in [0.25, 0.3) is 0 Å². The molecule has 0 atom stereocenters. The average molecular weight is 259 g/mol. The number of thiocarbonyl (C=S) groups is 1. The maximum Gasteiger partial charge on any atom is 0.169 e. The van der Waals surface area contributed by atoms with Crippen molar-refractivity contribution >= 4 is 17.2 Å². The summed E-state index contributed by atoms with van der Waals surface area (Å²) < 4.78 is 11.0. The average Bonchev–Trinajstić information content (AvgIpc) is 2.40. The van der Waals surface area contributed by atoms with Crippen LogP contribution in [-0.2, 0) is 0 Å². The van der Waals surface area contributed by atoms with Gasteiger partial charge in [-0.15, -0.1) is 0 Å². The molecule has 18 heavy (non-hydrogen) atoms. The molecule has 0 saturated carbocycles. The number of para-hydroxylation sites is 3. The van der Waals surface area contributed by atoms with Gasteiger partial charge in [0.25, 0.3) is 0 Å². The molecule has 0 aliphatic rings. The van der Waals surface area contributed by atoms with Gasteiger partial charge < -0.3 is 15.2 Å². The third-order valence-electron chi connectivity index (χ3n) is 2.44. The highest BCUT2D eigenvalue weighted by Crippen LogP contribution is 2.32. The zero-order valence-corrected chi connectivity index (χ0v) is 10.7. The summed E-state index contributed by atoms with van der Waals surface area (Å²) in [5.41, 5.74) is 6.37. The minimum atomic E-state index is 0.306. The molecular formula is C14H13NO2S. The highest BCUT2D eigenvalue weighted by Gasteiger charge is 2.09. The van der Waals surface area contributed by atoms with E-state index in [1.165, 1.54) is 0 Å². The third-order valence-corrected chi connectivity index (χ3v) is 2.66. The monoisotopic (exact) mass is 259 g/mol. The summed E-state index contributed by atoms with van der Waals surface area (Å²) >= 11 is 4.99. The van der Waals surface area contributed by atoms with E-state index in [2.05, 4.69) is 0 Å². The second-order valence-electron chi connectivity index (χ2n) is 3.61. The van der Waals surface area contributed by atoms with E-state index in [0.29, 0.717) is 27.8 Å². The second-order valence-corrected chi connectivity index (χ2v) is 4.05. The van der Waals surface area contributed by atoms with E-state index in [-0.39, 0.29) is 0 Å². The molecule has 0 radical (unpaired) electrons. The van der Waals surface area contributed by atoms with Crippen molar-refractivity contribution in [2.45, 2.75) is 0 Å². The van der Waals surface area contributed by atoms with Gasteiger partial charge in [-0.05, 0) is 24.3 Å². The van der Waals surface area contributed by atoms with Crippen molar-refractivity contribution in [3.63, 3.8) is 0 Å². The van der Waals surface area contributed by atoms with E-state index in [1.807, 2.05) is 48.5 Å². The summed E-state index contributed by atoms with van der Waals surface area (Å²) in [5, 5.41) is 0. The Hall–Kier alpha value is -2.07. The van der Waals surface area contributed by atoms with Crippen LogP contribution in [0.15, 0.2) is 48.5 Å². The van der Waals surface area contributed by atoms with E-state index in [1.54, 1.807) is 7.11 Å². The first-order valence-corrected chi connectivity index (χ1v) is 5.83. The van der Waals surface area contributed by atoms with Crippen LogP contribution in [0.5, 0.6) is 17.2 Å². The summed E-state index contributed by atoms with van der Waals surface area (Å²) in [6.07, 6.45) is 0. The molecule has 3 nitrogen and oxygen atoms in total. The number of benzene rings is 2. The van der Waals surface area contributed by atoms with Crippen molar-refractivity contribution in [3.8, 4) is 17.2 Å². The van der Waals surface area contributed by atoms with Crippen molar-refractivity contribution in [1.82, 2.24) is 0 Å². The second kappa shape index (κ2) is 5.51. The van der Waals surface area contributed by atoms with Crippen LogP contribution in [0.3, 0.4) is 0 Å². The van der Waals surface area contributed by atoms with Crippen molar-refractivity contribution in [1.29, 1.82) is 0 Å². The lowest BCUT2D eigenvalue weighted by atomic mass is 10.2. The van der Waals surface area contributed by atoms with Gasteiger partial charge in [0.1, 0.15) is 10.7 Å². The number of methoxy groups -OCH3 is 1. The van der Waals surface area contributed by atoms with E-state index >= 15 is 0 Å². The van der Waals surface area contributed by atoms with E-state index < -0.39 is 0 Å². The quantitative estimate of drug-likeness (QED) is 0.857. The van der Waals surface area contributed by atoms with Crippen molar-refractivity contribution in [2.24, 2.45) is 5.73 Å². The largest absolute Gasteiger partial charge is 0.493 e. The fourth-order valence-corrected chi connectivity index (χ4v) is 1.75. The molecule has 0 amide bonds. The van der Waals surface area contributed by atoms with Crippen LogP contribution in [0.2, 0.25) is 0 Å². The first-order valence-electron chi connectivity index (χ1n) is 5.42. The number of rotatable bonds is 4. The Balaban J connectivity index is 2.37. The molecule has 0 unspecified atom stereocenters. The predicted molar refractivity (Wildman–Crippen MR) is 75.4 cm³/mol. The molecule has 0 fully saturated rings. The summed E-state index contributed by atoms with van der Waals surface area (Å²) in [6, 6.07) is 14.8. The lowest BCUT2D eigenvalue weighted by Gasteiger charge is -2.12. The van der Waals surface area contributed by atoms with Crippen LogP contribution in [0, 0.1) is 0 Å². The SMILES string of the molecule is COc1ccccc1Oc1ccccc1C(N)=S. The Bertz CT molecular complexity index is 569. The van der Waals surface area contributed by atoms with Gasteiger partial charge in [0.15, 0.2) is 11.5 Å². The molecule has 2 N–H and O–H groups in total. The number of hydrogen-bond acceptors (Lipinski definition) is 3. The summed E-state index contributed by atoms with van der Waals surface area (Å²) in [6.45, 7) is 0. The topological polar surface area (TPSA) is 44.5 Å². The Kier molecular flexibility index (Phi) is 3.79. The molecule has 2 aromatic carbocycles. The summed E-state index contributed by atoms with van der Waals surface area (Å²) in [4.78, 5) is 0.306. The molecule has 0 aliphatic heterocycles. The molecule has 92 valence electrons. The van der Waals surface area contributed by atoms with Gasteiger partial charge in [0.05, 0.1) is 12.7 Å². The standard InChI is InChI=1S/C14H13NO2S/c1-16-12-8-4-5-9-13(12)17-11-7-3-2-6-10(11)14(15)18/h2-9H,1H3,(H2,15,18). The summed E-state index contributed by atoms with van der Waals surface area (Å²) in [7, 11) is 1.60. The van der Waals surface area contributed by atoms with Gasteiger partial charge in [-0.1, -0.05) is 36.5 Å². The normalized spacial score (nSPS) is 9.83. The van der Waals surface area contributed by atoms with Crippen LogP contribution >= 0.6 is 12.2 Å². The fourth-order valence-electron chi connectivity index (χ4n) is 1.58. The van der Waals surface area contributed by atoms with Crippen LogP contribution in [0.1, 0.15) is 5.56 Å². The van der Waals surface area contributed by atoms with Crippen LogP contribution < -0.4 is 15.2 Å². The Morgan fingerprint density at radius 3 is 2.11 bits per heavy atom. The minimum absolute atomic E-state index is 0.306.